The van der Waals surface area contributed by atoms with E-state index in [9.17, 15) is 9.59 Å². The molecule has 7 heteroatoms. The molecule has 0 fully saturated rings. The molecule has 0 radical (unpaired) electrons. The van der Waals surface area contributed by atoms with Gasteiger partial charge in [-0.3, -0.25) is 14.9 Å². The van der Waals surface area contributed by atoms with Crippen LogP contribution in [0.5, 0.6) is 5.75 Å². The zero-order chi connectivity index (χ0) is 21.4. The third-order valence-corrected chi connectivity index (χ3v) is 4.34. The minimum atomic E-state index is -0.389. The second-order valence-corrected chi connectivity index (χ2v) is 7.31. The monoisotopic (exact) mass is 413 g/mol. The molecule has 0 saturated heterocycles. The Bertz CT molecular complexity index is 883. The van der Waals surface area contributed by atoms with E-state index >= 15 is 0 Å². The minimum absolute atomic E-state index is 0.0552. The number of carbonyl (C=O) groups is 2. The van der Waals surface area contributed by atoms with E-state index in [2.05, 4.69) is 16.0 Å². The van der Waals surface area contributed by atoms with Crippen LogP contribution in [0.3, 0.4) is 0 Å². The number of anilines is 1. The number of amides is 2. The van der Waals surface area contributed by atoms with Crippen LogP contribution >= 0.6 is 12.2 Å². The van der Waals surface area contributed by atoms with Crippen LogP contribution in [0.1, 0.15) is 54.8 Å². The maximum absolute atomic E-state index is 12.7. The average molecular weight is 414 g/mol. The first-order valence-electron chi connectivity index (χ1n) is 9.59. The molecule has 0 bridgehead atoms. The molecule has 0 aliphatic rings. The van der Waals surface area contributed by atoms with Gasteiger partial charge in [-0.25, -0.2) is 0 Å². The molecule has 2 aromatic carbocycles. The van der Waals surface area contributed by atoms with E-state index in [1.807, 2.05) is 27.7 Å². The Morgan fingerprint density at radius 3 is 2.24 bits per heavy atom. The Hall–Kier alpha value is -2.93. The number of hydrogen-bond donors (Lipinski definition) is 3. The van der Waals surface area contributed by atoms with Gasteiger partial charge in [0.25, 0.3) is 11.8 Å². The van der Waals surface area contributed by atoms with Crippen molar-refractivity contribution in [1.29, 1.82) is 0 Å². The zero-order valence-electron chi connectivity index (χ0n) is 17.1. The molecular formula is C22H27N3O3S. The number of nitrogens with one attached hydrogen (secondary N) is 3. The molecule has 1 atom stereocenters. The molecule has 3 N–H and O–H groups in total. The number of rotatable bonds is 7. The summed E-state index contributed by atoms with van der Waals surface area (Å²) in [6, 6.07) is 14.0. The molecular weight excluding hydrogens is 386 g/mol. The van der Waals surface area contributed by atoms with Crippen molar-refractivity contribution in [2.75, 3.05) is 5.32 Å². The lowest BCUT2D eigenvalue weighted by molar-refractivity contribution is 0.0938. The van der Waals surface area contributed by atoms with Crippen LogP contribution in [0.25, 0.3) is 0 Å². The predicted octanol–water partition coefficient (Wildman–Crippen LogP) is 4.13. The lowest BCUT2D eigenvalue weighted by Gasteiger charge is -2.17. The summed E-state index contributed by atoms with van der Waals surface area (Å²) in [5, 5.41) is 8.61. The van der Waals surface area contributed by atoms with E-state index in [1.54, 1.807) is 48.5 Å². The van der Waals surface area contributed by atoms with Gasteiger partial charge in [-0.15, -0.1) is 0 Å². The largest absolute Gasteiger partial charge is 0.490 e. The molecule has 6 nitrogen and oxygen atoms in total. The number of carbonyl (C=O) groups excluding carboxylic acids is 2. The summed E-state index contributed by atoms with van der Waals surface area (Å²) in [5.41, 5.74) is 1.35. The molecule has 2 amide bonds. The first-order valence-corrected chi connectivity index (χ1v) is 10.0. The number of benzene rings is 2. The summed E-state index contributed by atoms with van der Waals surface area (Å²) in [6.45, 7) is 7.72. The highest BCUT2D eigenvalue weighted by Crippen LogP contribution is 2.20. The average Bonchev–Trinajstić information content (AvgIpc) is 2.68. The molecule has 0 aliphatic heterocycles. The van der Waals surface area contributed by atoms with Gasteiger partial charge in [0, 0.05) is 6.04 Å². The van der Waals surface area contributed by atoms with Crippen molar-refractivity contribution in [3.8, 4) is 5.75 Å². The second kappa shape index (κ2) is 10.6. The maximum atomic E-state index is 12.7. The lowest BCUT2D eigenvalue weighted by Crippen LogP contribution is -2.36. The van der Waals surface area contributed by atoms with Crippen molar-refractivity contribution in [1.82, 2.24) is 10.6 Å². The maximum Gasteiger partial charge on any atom is 0.261 e. The highest BCUT2D eigenvalue weighted by molar-refractivity contribution is 7.80. The fourth-order valence-corrected chi connectivity index (χ4v) is 2.73. The van der Waals surface area contributed by atoms with Crippen molar-refractivity contribution >= 4 is 34.8 Å². The quantitative estimate of drug-likeness (QED) is 0.595. The molecule has 2 aromatic rings. The molecule has 0 aliphatic carbocycles. The van der Waals surface area contributed by atoms with Gasteiger partial charge in [0.05, 0.1) is 22.9 Å². The van der Waals surface area contributed by atoms with Gasteiger partial charge in [0.15, 0.2) is 5.11 Å². The van der Waals surface area contributed by atoms with Gasteiger partial charge in [0.2, 0.25) is 0 Å². The van der Waals surface area contributed by atoms with Crippen molar-refractivity contribution in [3.05, 3.63) is 59.7 Å². The Morgan fingerprint density at radius 2 is 1.59 bits per heavy atom. The first kappa shape index (κ1) is 22.4. The van der Waals surface area contributed by atoms with Crippen LogP contribution in [0.2, 0.25) is 0 Å². The molecule has 2 rings (SSSR count). The molecule has 0 aromatic heterocycles. The van der Waals surface area contributed by atoms with E-state index in [0.29, 0.717) is 22.6 Å². The van der Waals surface area contributed by atoms with Gasteiger partial charge in [-0.2, -0.15) is 0 Å². The molecule has 0 heterocycles. The summed E-state index contributed by atoms with van der Waals surface area (Å²) in [5.74, 6) is -0.108. The molecule has 29 heavy (non-hydrogen) atoms. The summed E-state index contributed by atoms with van der Waals surface area (Å²) in [6.07, 6.45) is 0.762. The van der Waals surface area contributed by atoms with Gasteiger partial charge >= 0.3 is 0 Å². The number of hydrogen-bond acceptors (Lipinski definition) is 4. The summed E-state index contributed by atoms with van der Waals surface area (Å²) in [7, 11) is 0. The van der Waals surface area contributed by atoms with Crippen LogP contribution < -0.4 is 20.7 Å². The van der Waals surface area contributed by atoms with E-state index in [1.165, 1.54) is 0 Å². The fourth-order valence-electron chi connectivity index (χ4n) is 2.53. The Balaban J connectivity index is 2.11. The van der Waals surface area contributed by atoms with Gasteiger partial charge in [0.1, 0.15) is 5.75 Å². The van der Waals surface area contributed by atoms with Crippen LogP contribution in [0.15, 0.2) is 48.5 Å². The van der Waals surface area contributed by atoms with Gasteiger partial charge in [-0.1, -0.05) is 31.2 Å². The summed E-state index contributed by atoms with van der Waals surface area (Å²) >= 11 is 5.28. The SMILES string of the molecule is CCC(C)NC(=O)c1ccccc1NC(=S)NC(=O)c1ccccc1OC(C)C. The van der Waals surface area contributed by atoms with Gasteiger partial charge < -0.3 is 15.4 Å². The van der Waals surface area contributed by atoms with E-state index in [-0.39, 0.29) is 29.1 Å². The first-order chi connectivity index (χ1) is 13.8. The van der Waals surface area contributed by atoms with Crippen LogP contribution in [-0.2, 0) is 0 Å². The van der Waals surface area contributed by atoms with Crippen LogP contribution in [-0.4, -0.2) is 29.1 Å². The third kappa shape index (κ3) is 6.57. The Labute approximate surface area is 177 Å². The highest BCUT2D eigenvalue weighted by atomic mass is 32.1. The fraction of sp³-hybridized carbons (Fsp3) is 0.318. The van der Waals surface area contributed by atoms with Crippen LogP contribution in [0, 0.1) is 0 Å². The molecule has 0 spiro atoms. The predicted molar refractivity (Wildman–Crippen MR) is 120 cm³/mol. The standard InChI is InChI=1S/C22H27N3O3S/c1-5-15(4)23-20(26)16-10-6-8-12-18(16)24-22(29)25-21(27)17-11-7-9-13-19(17)28-14(2)3/h6-15H,5H2,1-4H3,(H,23,26)(H2,24,25,27,29). The van der Waals surface area contributed by atoms with Crippen molar-refractivity contribution in [3.63, 3.8) is 0 Å². The Morgan fingerprint density at radius 1 is 0.966 bits per heavy atom. The van der Waals surface area contributed by atoms with Crippen LogP contribution in [0.4, 0.5) is 5.69 Å². The number of para-hydroxylation sites is 2. The van der Waals surface area contributed by atoms with Crippen molar-refractivity contribution in [2.24, 2.45) is 0 Å². The molecule has 154 valence electrons. The van der Waals surface area contributed by atoms with E-state index in [4.69, 9.17) is 17.0 Å². The number of thiocarbonyl (C=S) groups is 1. The minimum Gasteiger partial charge on any atom is -0.490 e. The lowest BCUT2D eigenvalue weighted by atomic mass is 10.1. The van der Waals surface area contributed by atoms with E-state index in [0.717, 1.165) is 6.42 Å². The number of ether oxygens (including phenoxy) is 1. The normalized spacial score (nSPS) is 11.5. The summed E-state index contributed by atoms with van der Waals surface area (Å²) in [4.78, 5) is 25.2. The topological polar surface area (TPSA) is 79.5 Å². The summed E-state index contributed by atoms with van der Waals surface area (Å²) < 4.78 is 5.69. The highest BCUT2D eigenvalue weighted by Gasteiger charge is 2.17. The second-order valence-electron chi connectivity index (χ2n) is 6.90. The molecule has 0 saturated carbocycles. The van der Waals surface area contributed by atoms with Crippen molar-refractivity contribution in [2.45, 2.75) is 46.3 Å². The van der Waals surface area contributed by atoms with Gasteiger partial charge in [-0.05, 0) is 63.7 Å². The third-order valence-electron chi connectivity index (χ3n) is 4.13. The smallest absolute Gasteiger partial charge is 0.261 e. The zero-order valence-corrected chi connectivity index (χ0v) is 17.9. The van der Waals surface area contributed by atoms with Crippen molar-refractivity contribution < 1.29 is 14.3 Å². The molecule has 1 unspecified atom stereocenters. The Kier molecular flexibility index (Phi) is 8.15. The van der Waals surface area contributed by atoms with E-state index < -0.39 is 0 Å².